The minimum Gasteiger partial charge on any atom is -0.371 e. The van der Waals surface area contributed by atoms with Crippen LogP contribution in [0.3, 0.4) is 0 Å². The van der Waals surface area contributed by atoms with Crippen LogP contribution in [-0.2, 0) is 0 Å². The summed E-state index contributed by atoms with van der Waals surface area (Å²) in [6.07, 6.45) is -3.24. The molecule has 1 N–H and O–H groups in total. The van der Waals surface area contributed by atoms with E-state index in [0.29, 0.717) is 13.0 Å². The Kier molecular flexibility index (Phi) is 5.14. The zero-order valence-electron chi connectivity index (χ0n) is 12.6. The van der Waals surface area contributed by atoms with Crippen molar-refractivity contribution in [3.8, 4) is 0 Å². The van der Waals surface area contributed by atoms with Crippen molar-refractivity contribution in [3.05, 3.63) is 29.8 Å². The van der Waals surface area contributed by atoms with Crippen molar-refractivity contribution in [1.82, 2.24) is 5.32 Å². The quantitative estimate of drug-likeness (QED) is 0.899. The van der Waals surface area contributed by atoms with Crippen LogP contribution in [0.5, 0.6) is 0 Å². The van der Waals surface area contributed by atoms with Gasteiger partial charge in [-0.15, -0.1) is 0 Å². The average molecular weight is 300 g/mol. The van der Waals surface area contributed by atoms with Crippen molar-refractivity contribution in [1.29, 1.82) is 0 Å². The molecule has 0 amide bonds. The van der Waals surface area contributed by atoms with Crippen LogP contribution in [0.15, 0.2) is 24.3 Å². The highest BCUT2D eigenvalue weighted by atomic mass is 19.4. The number of benzene rings is 1. The van der Waals surface area contributed by atoms with Crippen LogP contribution in [0.4, 0.5) is 18.9 Å². The summed E-state index contributed by atoms with van der Waals surface area (Å²) in [4.78, 5) is 1.85. The first-order valence-corrected chi connectivity index (χ1v) is 7.56. The molecule has 2 atom stereocenters. The smallest absolute Gasteiger partial charge is 0.371 e. The van der Waals surface area contributed by atoms with E-state index in [4.69, 9.17) is 0 Å². The lowest BCUT2D eigenvalue weighted by molar-refractivity contribution is -0.175. The molecule has 1 aromatic carbocycles. The second-order valence-electron chi connectivity index (χ2n) is 5.70. The molecule has 0 bridgehead atoms. The summed E-state index contributed by atoms with van der Waals surface area (Å²) < 4.78 is 38.6. The minimum absolute atomic E-state index is 0.0750. The molecule has 2 nitrogen and oxygen atoms in total. The molecule has 21 heavy (non-hydrogen) atoms. The molecule has 1 heterocycles. The molecule has 1 fully saturated rings. The van der Waals surface area contributed by atoms with Crippen molar-refractivity contribution >= 4 is 5.69 Å². The highest BCUT2D eigenvalue weighted by molar-refractivity contribution is 5.48. The monoisotopic (exact) mass is 300 g/mol. The zero-order chi connectivity index (χ0) is 15.5. The first-order valence-electron chi connectivity index (χ1n) is 7.56. The zero-order valence-corrected chi connectivity index (χ0v) is 12.6. The number of halogens is 3. The highest BCUT2D eigenvalue weighted by Crippen LogP contribution is 2.34. The van der Waals surface area contributed by atoms with Gasteiger partial charge in [0, 0.05) is 24.8 Å². The molecule has 1 aromatic rings. The van der Waals surface area contributed by atoms with Gasteiger partial charge in [0.1, 0.15) is 0 Å². The van der Waals surface area contributed by atoms with E-state index >= 15 is 0 Å². The third kappa shape index (κ3) is 4.13. The third-order valence-corrected chi connectivity index (χ3v) is 4.15. The highest BCUT2D eigenvalue weighted by Gasteiger charge is 2.41. The molecule has 1 aliphatic heterocycles. The molecule has 1 saturated heterocycles. The van der Waals surface area contributed by atoms with Crippen LogP contribution in [0.2, 0.25) is 0 Å². The van der Waals surface area contributed by atoms with Gasteiger partial charge in [0.05, 0.1) is 5.92 Å². The maximum absolute atomic E-state index is 12.9. The third-order valence-electron chi connectivity index (χ3n) is 4.15. The lowest BCUT2D eigenvalue weighted by Crippen LogP contribution is -2.41. The van der Waals surface area contributed by atoms with Crippen LogP contribution in [0.1, 0.15) is 38.3 Å². The van der Waals surface area contributed by atoms with Crippen molar-refractivity contribution in [2.75, 3.05) is 24.5 Å². The number of hydrogen-bond donors (Lipinski definition) is 1. The SMILES string of the molecule is CCNC(C)c1ccc(N2CCCC(C(F)(F)F)C2)cc1. The van der Waals surface area contributed by atoms with E-state index in [-0.39, 0.29) is 19.0 Å². The molecule has 0 aliphatic carbocycles. The molecule has 1 aliphatic rings. The topological polar surface area (TPSA) is 15.3 Å². The second kappa shape index (κ2) is 6.69. The van der Waals surface area contributed by atoms with Crippen molar-refractivity contribution in [2.24, 2.45) is 5.92 Å². The average Bonchev–Trinajstić information content (AvgIpc) is 2.47. The molecule has 2 unspecified atom stereocenters. The van der Waals surface area contributed by atoms with Crippen molar-refractivity contribution in [3.63, 3.8) is 0 Å². The van der Waals surface area contributed by atoms with Crippen molar-refractivity contribution in [2.45, 2.75) is 38.9 Å². The molecule has 0 spiro atoms. The van der Waals surface area contributed by atoms with Crippen LogP contribution >= 0.6 is 0 Å². The summed E-state index contributed by atoms with van der Waals surface area (Å²) in [5.74, 6) is -1.20. The Bertz CT molecular complexity index is 442. The normalized spacial score (nSPS) is 21.4. The minimum atomic E-state index is -4.09. The number of nitrogens with zero attached hydrogens (tertiary/aromatic N) is 1. The van der Waals surface area contributed by atoms with Crippen molar-refractivity contribution < 1.29 is 13.2 Å². The van der Waals surface area contributed by atoms with Gasteiger partial charge in [-0.25, -0.2) is 0 Å². The summed E-state index contributed by atoms with van der Waals surface area (Å²) in [6.45, 7) is 5.80. The fourth-order valence-corrected chi connectivity index (χ4v) is 2.88. The van der Waals surface area contributed by atoms with E-state index in [1.807, 2.05) is 29.2 Å². The predicted molar refractivity (Wildman–Crippen MR) is 79.5 cm³/mol. The summed E-state index contributed by atoms with van der Waals surface area (Å²) in [5.41, 5.74) is 2.04. The molecule has 5 heteroatoms. The molecule has 0 radical (unpaired) electrons. The Balaban J connectivity index is 2.04. The maximum Gasteiger partial charge on any atom is 0.393 e. The standard InChI is InChI=1S/C16H23F3N2/c1-3-20-12(2)13-6-8-15(9-7-13)21-10-4-5-14(11-21)16(17,18)19/h6-9,12,14,20H,3-5,10-11H2,1-2H3. The second-order valence-corrected chi connectivity index (χ2v) is 5.70. The van der Waals surface area contributed by atoms with Gasteiger partial charge in [-0.3, -0.25) is 0 Å². The van der Waals surface area contributed by atoms with Crippen LogP contribution in [0.25, 0.3) is 0 Å². The van der Waals surface area contributed by atoms with Gasteiger partial charge in [-0.2, -0.15) is 13.2 Å². The van der Waals surface area contributed by atoms with Crippen LogP contribution in [0, 0.1) is 5.92 Å². The van der Waals surface area contributed by atoms with Crippen LogP contribution in [-0.4, -0.2) is 25.8 Å². The van der Waals surface area contributed by atoms with E-state index in [9.17, 15) is 13.2 Å². The van der Waals surface area contributed by atoms with Gasteiger partial charge in [-0.05, 0) is 44.0 Å². The van der Waals surface area contributed by atoms with E-state index < -0.39 is 12.1 Å². The Morgan fingerprint density at radius 1 is 1.29 bits per heavy atom. The summed E-state index contributed by atoms with van der Waals surface area (Å²) >= 11 is 0. The predicted octanol–water partition coefficient (Wildman–Crippen LogP) is 4.14. The Hall–Kier alpha value is -1.23. The first-order chi connectivity index (χ1) is 9.91. The largest absolute Gasteiger partial charge is 0.393 e. The van der Waals surface area contributed by atoms with Gasteiger partial charge >= 0.3 is 6.18 Å². The number of rotatable bonds is 4. The summed E-state index contributed by atoms with van der Waals surface area (Å²) in [5, 5.41) is 3.33. The van der Waals surface area contributed by atoms with Gasteiger partial charge < -0.3 is 10.2 Å². The Morgan fingerprint density at radius 3 is 2.52 bits per heavy atom. The van der Waals surface area contributed by atoms with Gasteiger partial charge in [0.2, 0.25) is 0 Å². The van der Waals surface area contributed by atoms with Crippen LogP contribution < -0.4 is 10.2 Å². The summed E-state index contributed by atoms with van der Waals surface area (Å²) in [6, 6.07) is 8.12. The van der Waals surface area contributed by atoms with Gasteiger partial charge in [0.15, 0.2) is 0 Å². The Labute approximate surface area is 124 Å². The fourth-order valence-electron chi connectivity index (χ4n) is 2.88. The molecule has 2 rings (SSSR count). The lowest BCUT2D eigenvalue weighted by atomic mass is 9.96. The maximum atomic E-state index is 12.9. The molecular weight excluding hydrogens is 277 g/mol. The number of piperidine rings is 1. The number of hydrogen-bond acceptors (Lipinski definition) is 2. The van der Waals surface area contributed by atoms with E-state index in [0.717, 1.165) is 17.8 Å². The number of anilines is 1. The van der Waals surface area contributed by atoms with Gasteiger partial charge in [-0.1, -0.05) is 19.1 Å². The summed E-state index contributed by atoms with van der Waals surface area (Å²) in [7, 11) is 0. The van der Waals surface area contributed by atoms with E-state index in [1.165, 1.54) is 0 Å². The van der Waals surface area contributed by atoms with E-state index in [1.54, 1.807) is 0 Å². The molecule has 0 aromatic heterocycles. The molecule has 118 valence electrons. The molecular formula is C16H23F3N2. The Morgan fingerprint density at radius 2 is 1.95 bits per heavy atom. The lowest BCUT2D eigenvalue weighted by Gasteiger charge is -2.35. The number of nitrogens with one attached hydrogen (secondary N) is 1. The molecule has 0 saturated carbocycles. The van der Waals surface area contributed by atoms with Gasteiger partial charge in [0.25, 0.3) is 0 Å². The van der Waals surface area contributed by atoms with E-state index in [2.05, 4.69) is 19.2 Å². The number of alkyl halides is 3. The fraction of sp³-hybridized carbons (Fsp3) is 0.625. The first kappa shape index (κ1) is 16.1.